The predicted molar refractivity (Wildman–Crippen MR) is 127 cm³/mol. The summed E-state index contributed by atoms with van der Waals surface area (Å²) in [6, 6.07) is 6.03. The van der Waals surface area contributed by atoms with Crippen molar-refractivity contribution < 1.29 is 14.2 Å². The van der Waals surface area contributed by atoms with Crippen LogP contribution in [0.25, 0.3) is 0 Å². The molecular formula is C24H42N4O3. The van der Waals surface area contributed by atoms with Gasteiger partial charge in [0.05, 0.1) is 13.7 Å². The first kappa shape index (κ1) is 25.3. The number of nitrogens with one attached hydrogen (secondary N) is 2. The normalized spacial score (nSPS) is 14.0. The number of guanidine groups is 1. The van der Waals surface area contributed by atoms with Gasteiger partial charge in [-0.25, -0.2) is 4.99 Å². The fourth-order valence-corrected chi connectivity index (χ4v) is 3.18. The molecule has 0 unspecified atom stereocenters. The van der Waals surface area contributed by atoms with Gasteiger partial charge in [0.2, 0.25) is 0 Å². The quantitative estimate of drug-likeness (QED) is 0.236. The molecule has 7 nitrogen and oxygen atoms in total. The number of methoxy groups -OCH3 is 1. The second-order valence-corrected chi connectivity index (χ2v) is 7.85. The molecule has 1 aromatic carbocycles. The molecule has 31 heavy (non-hydrogen) atoms. The molecule has 0 amide bonds. The summed E-state index contributed by atoms with van der Waals surface area (Å²) in [5.41, 5.74) is 1.08. The average molecular weight is 435 g/mol. The van der Waals surface area contributed by atoms with E-state index in [1.165, 1.54) is 12.8 Å². The van der Waals surface area contributed by atoms with E-state index < -0.39 is 0 Å². The summed E-state index contributed by atoms with van der Waals surface area (Å²) in [6.07, 6.45) is 3.65. The smallest absolute Gasteiger partial charge is 0.191 e. The molecule has 0 saturated heterocycles. The van der Waals surface area contributed by atoms with Crippen molar-refractivity contribution in [2.75, 3.05) is 59.7 Å². The van der Waals surface area contributed by atoms with Crippen molar-refractivity contribution in [2.45, 2.75) is 46.6 Å². The monoisotopic (exact) mass is 434 g/mol. The Bertz CT molecular complexity index is 646. The molecule has 0 radical (unpaired) electrons. The van der Waals surface area contributed by atoms with Gasteiger partial charge in [-0.05, 0) is 62.9 Å². The van der Waals surface area contributed by atoms with Gasteiger partial charge in [0.25, 0.3) is 0 Å². The third-order valence-electron chi connectivity index (χ3n) is 5.36. The van der Waals surface area contributed by atoms with E-state index in [9.17, 15) is 0 Å². The molecule has 0 bridgehead atoms. The van der Waals surface area contributed by atoms with Crippen LogP contribution in [0.2, 0.25) is 0 Å². The molecule has 1 fully saturated rings. The van der Waals surface area contributed by atoms with Crippen molar-refractivity contribution in [1.82, 2.24) is 15.5 Å². The third kappa shape index (κ3) is 10.2. The zero-order valence-electron chi connectivity index (χ0n) is 19.9. The summed E-state index contributed by atoms with van der Waals surface area (Å²) >= 11 is 0. The van der Waals surface area contributed by atoms with Gasteiger partial charge in [-0.15, -0.1) is 0 Å². The van der Waals surface area contributed by atoms with Crippen molar-refractivity contribution in [1.29, 1.82) is 0 Å². The average Bonchev–Trinajstić information content (AvgIpc) is 3.62. The number of aliphatic imine (C=N–C) groups is 1. The molecule has 0 heterocycles. The van der Waals surface area contributed by atoms with E-state index in [1.807, 2.05) is 18.2 Å². The molecule has 1 aliphatic carbocycles. The maximum Gasteiger partial charge on any atom is 0.191 e. The summed E-state index contributed by atoms with van der Waals surface area (Å²) < 4.78 is 17.2. The van der Waals surface area contributed by atoms with Crippen LogP contribution in [-0.2, 0) is 11.3 Å². The molecule has 176 valence electrons. The number of hydrogen-bond donors (Lipinski definition) is 2. The van der Waals surface area contributed by atoms with E-state index in [2.05, 4.69) is 36.3 Å². The first-order valence-corrected chi connectivity index (χ1v) is 11.8. The molecule has 1 aliphatic rings. The molecule has 7 heteroatoms. The Hall–Kier alpha value is -1.99. The lowest BCUT2D eigenvalue weighted by atomic mass is 10.2. The van der Waals surface area contributed by atoms with E-state index in [0.717, 1.165) is 81.3 Å². The lowest BCUT2D eigenvalue weighted by Gasteiger charge is -2.19. The molecule has 0 atom stereocenters. The maximum absolute atomic E-state index is 5.95. The molecular weight excluding hydrogens is 392 g/mol. The zero-order valence-corrected chi connectivity index (χ0v) is 19.9. The van der Waals surface area contributed by atoms with Crippen molar-refractivity contribution in [3.63, 3.8) is 0 Å². The zero-order chi connectivity index (χ0) is 22.3. The highest BCUT2D eigenvalue weighted by molar-refractivity contribution is 5.79. The number of hydrogen-bond acceptors (Lipinski definition) is 5. The summed E-state index contributed by atoms with van der Waals surface area (Å²) in [4.78, 5) is 7.04. The van der Waals surface area contributed by atoms with E-state index in [0.29, 0.717) is 13.2 Å². The largest absolute Gasteiger partial charge is 0.493 e. The van der Waals surface area contributed by atoms with E-state index >= 15 is 0 Å². The van der Waals surface area contributed by atoms with E-state index in [1.54, 1.807) is 7.11 Å². The third-order valence-corrected chi connectivity index (χ3v) is 5.36. The van der Waals surface area contributed by atoms with Gasteiger partial charge in [0.1, 0.15) is 6.61 Å². The lowest BCUT2D eigenvalue weighted by molar-refractivity contribution is 0.123. The number of benzene rings is 1. The van der Waals surface area contributed by atoms with Crippen LogP contribution >= 0.6 is 0 Å². The Morgan fingerprint density at radius 1 is 1.10 bits per heavy atom. The Balaban J connectivity index is 1.79. The SMILES string of the molecule is CCNC(=NCc1ccc(OCCN(CC)CC)c(OC)c1)NCCCOCC1CC1. The Labute approximate surface area is 188 Å². The van der Waals surface area contributed by atoms with Crippen LogP contribution in [0.3, 0.4) is 0 Å². The first-order valence-electron chi connectivity index (χ1n) is 11.8. The second kappa shape index (κ2) is 14.9. The number of rotatable bonds is 16. The van der Waals surface area contributed by atoms with Crippen LogP contribution in [0.4, 0.5) is 0 Å². The predicted octanol–water partition coefficient (Wildman–Crippen LogP) is 3.29. The minimum absolute atomic E-state index is 0.573. The summed E-state index contributed by atoms with van der Waals surface area (Å²) in [5, 5.41) is 6.68. The fourth-order valence-electron chi connectivity index (χ4n) is 3.18. The summed E-state index contributed by atoms with van der Waals surface area (Å²) in [7, 11) is 1.68. The van der Waals surface area contributed by atoms with Crippen molar-refractivity contribution >= 4 is 5.96 Å². The molecule has 1 saturated carbocycles. The van der Waals surface area contributed by atoms with Gasteiger partial charge in [0, 0.05) is 32.8 Å². The summed E-state index contributed by atoms with van der Waals surface area (Å²) in [5.74, 6) is 3.17. The molecule has 0 aromatic heterocycles. The highest BCUT2D eigenvalue weighted by Crippen LogP contribution is 2.29. The van der Waals surface area contributed by atoms with Gasteiger partial charge in [-0.2, -0.15) is 0 Å². The Kier molecular flexibility index (Phi) is 12.2. The highest BCUT2D eigenvalue weighted by atomic mass is 16.5. The standard InChI is InChI=1S/C24H42N4O3/c1-5-25-24(26-13-8-15-30-19-20-9-10-20)27-18-21-11-12-22(23(17-21)29-4)31-16-14-28(6-2)7-3/h11-12,17,20H,5-10,13-16,18-19H2,1-4H3,(H2,25,26,27). The first-order chi connectivity index (χ1) is 15.2. The minimum atomic E-state index is 0.573. The highest BCUT2D eigenvalue weighted by Gasteiger charge is 2.20. The van der Waals surface area contributed by atoms with Crippen molar-refractivity contribution in [3.8, 4) is 11.5 Å². The van der Waals surface area contributed by atoms with Crippen LogP contribution in [0.15, 0.2) is 23.2 Å². The van der Waals surface area contributed by atoms with Crippen LogP contribution in [0.5, 0.6) is 11.5 Å². The fraction of sp³-hybridized carbons (Fsp3) is 0.708. The minimum Gasteiger partial charge on any atom is -0.493 e. The molecule has 0 spiro atoms. The Morgan fingerprint density at radius 2 is 1.90 bits per heavy atom. The number of nitrogens with zero attached hydrogens (tertiary/aromatic N) is 2. The van der Waals surface area contributed by atoms with Gasteiger partial charge in [-0.1, -0.05) is 19.9 Å². The van der Waals surface area contributed by atoms with Gasteiger partial charge >= 0.3 is 0 Å². The molecule has 0 aliphatic heterocycles. The van der Waals surface area contributed by atoms with Crippen molar-refractivity contribution in [2.24, 2.45) is 10.9 Å². The van der Waals surface area contributed by atoms with Gasteiger partial charge in [-0.3, -0.25) is 0 Å². The van der Waals surface area contributed by atoms with Crippen LogP contribution in [0.1, 0.15) is 45.6 Å². The second-order valence-electron chi connectivity index (χ2n) is 7.85. The van der Waals surface area contributed by atoms with Gasteiger partial charge < -0.3 is 29.7 Å². The number of likely N-dealkylation sites (N-methyl/N-ethyl adjacent to an activating group) is 1. The van der Waals surface area contributed by atoms with Crippen LogP contribution in [-0.4, -0.2) is 70.5 Å². The molecule has 2 rings (SSSR count). The van der Waals surface area contributed by atoms with Crippen molar-refractivity contribution in [3.05, 3.63) is 23.8 Å². The number of ether oxygens (including phenoxy) is 3. The summed E-state index contributed by atoms with van der Waals surface area (Å²) in [6.45, 7) is 14.0. The van der Waals surface area contributed by atoms with Crippen LogP contribution in [0, 0.1) is 5.92 Å². The van der Waals surface area contributed by atoms with Gasteiger partial charge in [0.15, 0.2) is 17.5 Å². The topological polar surface area (TPSA) is 67.4 Å². The molecule has 2 N–H and O–H groups in total. The maximum atomic E-state index is 5.95. The van der Waals surface area contributed by atoms with Crippen LogP contribution < -0.4 is 20.1 Å². The van der Waals surface area contributed by atoms with E-state index in [4.69, 9.17) is 19.2 Å². The lowest BCUT2D eigenvalue weighted by Crippen LogP contribution is -2.38. The molecule has 1 aromatic rings. The van der Waals surface area contributed by atoms with E-state index in [-0.39, 0.29) is 0 Å². The Morgan fingerprint density at radius 3 is 2.58 bits per heavy atom.